The topological polar surface area (TPSA) is 0 Å². The first-order valence-electron chi connectivity index (χ1n) is 12.4. The van der Waals surface area contributed by atoms with Crippen molar-refractivity contribution in [2.45, 2.75) is 83.0 Å². The van der Waals surface area contributed by atoms with Crippen LogP contribution in [-0.2, 0) is 6.42 Å². The molecule has 0 radical (unpaired) electrons. The molecule has 1 saturated carbocycles. The number of benzene rings is 3. The molecule has 0 N–H and O–H groups in total. The molecule has 0 spiro atoms. The summed E-state index contributed by atoms with van der Waals surface area (Å²) in [4.78, 5) is 0. The van der Waals surface area contributed by atoms with Gasteiger partial charge in [-0.2, -0.15) is 0 Å². The van der Waals surface area contributed by atoms with Crippen molar-refractivity contribution in [3.63, 3.8) is 0 Å². The second kappa shape index (κ2) is 10.9. The van der Waals surface area contributed by atoms with E-state index in [0.29, 0.717) is 24.6 Å². The van der Waals surface area contributed by atoms with Gasteiger partial charge in [-0.3, -0.25) is 0 Å². The van der Waals surface area contributed by atoms with Gasteiger partial charge in [0.1, 0.15) is 11.6 Å². The molecule has 0 heterocycles. The third-order valence-corrected chi connectivity index (χ3v) is 7.31. The van der Waals surface area contributed by atoms with Crippen LogP contribution >= 0.6 is 0 Å². The van der Waals surface area contributed by atoms with Crippen molar-refractivity contribution in [3.05, 3.63) is 82.2 Å². The van der Waals surface area contributed by atoms with E-state index >= 15 is 0 Å². The van der Waals surface area contributed by atoms with Crippen molar-refractivity contribution < 1.29 is 22.0 Å². The van der Waals surface area contributed by atoms with Crippen LogP contribution < -0.4 is 0 Å². The van der Waals surface area contributed by atoms with Crippen LogP contribution in [0.2, 0.25) is 0 Å². The van der Waals surface area contributed by atoms with Crippen molar-refractivity contribution in [3.8, 4) is 0 Å². The van der Waals surface area contributed by atoms with Gasteiger partial charge < -0.3 is 0 Å². The first-order valence-corrected chi connectivity index (χ1v) is 12.4. The molecule has 34 heavy (non-hydrogen) atoms. The van der Waals surface area contributed by atoms with Crippen molar-refractivity contribution >= 4 is 10.8 Å². The second-order valence-corrected chi connectivity index (χ2v) is 9.65. The van der Waals surface area contributed by atoms with E-state index in [9.17, 15) is 22.0 Å². The summed E-state index contributed by atoms with van der Waals surface area (Å²) < 4.78 is 70.9. The zero-order valence-corrected chi connectivity index (χ0v) is 19.6. The van der Waals surface area contributed by atoms with Crippen molar-refractivity contribution in [2.75, 3.05) is 0 Å². The highest BCUT2D eigenvalue weighted by Crippen LogP contribution is 2.43. The van der Waals surface area contributed by atoms with E-state index in [1.807, 2.05) is 0 Å². The molecule has 0 aromatic heterocycles. The summed E-state index contributed by atoms with van der Waals surface area (Å²) >= 11 is 0. The molecule has 0 amide bonds. The Morgan fingerprint density at radius 3 is 2.00 bits per heavy atom. The smallest absolute Gasteiger partial charge is 0.195 e. The van der Waals surface area contributed by atoms with Crippen molar-refractivity contribution in [1.82, 2.24) is 0 Å². The summed E-state index contributed by atoms with van der Waals surface area (Å²) in [6, 6.07) is 8.92. The summed E-state index contributed by atoms with van der Waals surface area (Å²) in [5, 5.41) is 0.365. The van der Waals surface area contributed by atoms with Crippen LogP contribution in [0.4, 0.5) is 22.0 Å². The summed E-state index contributed by atoms with van der Waals surface area (Å²) in [6.07, 6.45) is 8.94. The van der Waals surface area contributed by atoms with E-state index in [-0.39, 0.29) is 22.8 Å². The Labute approximate surface area is 198 Å². The Kier molecular flexibility index (Phi) is 7.90. The zero-order valence-electron chi connectivity index (χ0n) is 19.6. The normalized spacial score (nSPS) is 18.5. The summed E-state index contributed by atoms with van der Waals surface area (Å²) in [5.41, 5.74) is 1.82. The average Bonchev–Trinajstić information content (AvgIpc) is 2.82. The highest BCUT2D eigenvalue weighted by Gasteiger charge is 2.28. The number of halogens is 5. The molecule has 1 aliphatic rings. The van der Waals surface area contributed by atoms with Gasteiger partial charge in [0.2, 0.25) is 0 Å². The third-order valence-electron chi connectivity index (χ3n) is 7.31. The van der Waals surface area contributed by atoms with Gasteiger partial charge in [-0.25, -0.2) is 22.0 Å². The maximum atomic E-state index is 14.9. The highest BCUT2D eigenvalue weighted by molar-refractivity contribution is 5.84. The summed E-state index contributed by atoms with van der Waals surface area (Å²) in [5.74, 6) is -4.81. The van der Waals surface area contributed by atoms with E-state index in [4.69, 9.17) is 0 Å². The number of hydrogen-bond donors (Lipinski definition) is 0. The standard InChI is InChI=1S/C29H31F5/c1-2-3-4-5-6-7-18-14-24(30)27(25(31)15-18)20-10-8-19(9-11-20)21-12-13-23-22(16-21)17-26(32)29(34)28(23)33/h12-17,19-20H,2-11H2,1H3. The molecule has 0 saturated heterocycles. The fourth-order valence-electron chi connectivity index (χ4n) is 5.40. The molecule has 0 aliphatic heterocycles. The van der Waals surface area contributed by atoms with Gasteiger partial charge in [-0.05, 0) is 85.1 Å². The fourth-order valence-corrected chi connectivity index (χ4v) is 5.40. The molecule has 1 fully saturated rings. The van der Waals surface area contributed by atoms with Crippen LogP contribution in [-0.4, -0.2) is 0 Å². The highest BCUT2D eigenvalue weighted by atomic mass is 19.2. The predicted octanol–water partition coefficient (Wildman–Crippen LogP) is 9.49. The van der Waals surface area contributed by atoms with Gasteiger partial charge >= 0.3 is 0 Å². The van der Waals surface area contributed by atoms with Gasteiger partial charge in [-0.1, -0.05) is 50.8 Å². The number of fused-ring (bicyclic) bond motifs is 1. The average molecular weight is 475 g/mol. The van der Waals surface area contributed by atoms with Crippen LogP contribution in [0.15, 0.2) is 36.4 Å². The lowest BCUT2D eigenvalue weighted by Crippen LogP contribution is -2.15. The van der Waals surface area contributed by atoms with Gasteiger partial charge in [0, 0.05) is 10.9 Å². The quantitative estimate of drug-likeness (QED) is 0.173. The Hall–Kier alpha value is -2.43. The second-order valence-electron chi connectivity index (χ2n) is 9.65. The van der Waals surface area contributed by atoms with E-state index < -0.39 is 29.1 Å². The summed E-state index contributed by atoms with van der Waals surface area (Å²) in [6.45, 7) is 2.16. The molecule has 3 aromatic rings. The Morgan fingerprint density at radius 1 is 0.676 bits per heavy atom. The predicted molar refractivity (Wildman–Crippen MR) is 127 cm³/mol. The van der Waals surface area contributed by atoms with Crippen LogP contribution in [0.1, 0.15) is 93.2 Å². The maximum Gasteiger partial charge on any atom is 0.195 e. The molecule has 182 valence electrons. The van der Waals surface area contributed by atoms with Gasteiger partial charge in [0.15, 0.2) is 17.5 Å². The molecule has 3 aromatic carbocycles. The molecule has 0 nitrogen and oxygen atoms in total. The zero-order chi connectivity index (χ0) is 24.2. The molecule has 1 aliphatic carbocycles. The fraction of sp³-hybridized carbons (Fsp3) is 0.448. The Morgan fingerprint density at radius 2 is 1.32 bits per heavy atom. The summed E-state index contributed by atoms with van der Waals surface area (Å²) in [7, 11) is 0. The van der Waals surface area contributed by atoms with E-state index in [0.717, 1.165) is 55.7 Å². The third kappa shape index (κ3) is 5.29. The van der Waals surface area contributed by atoms with Gasteiger partial charge in [0.05, 0.1) is 0 Å². The molecule has 0 bridgehead atoms. The largest absolute Gasteiger partial charge is 0.207 e. The molecule has 5 heteroatoms. The molecule has 4 rings (SSSR count). The van der Waals surface area contributed by atoms with E-state index in [1.54, 1.807) is 12.1 Å². The minimum absolute atomic E-state index is 0.0472. The van der Waals surface area contributed by atoms with Crippen LogP contribution in [0.25, 0.3) is 10.8 Å². The lowest BCUT2D eigenvalue weighted by Gasteiger charge is -2.30. The van der Waals surface area contributed by atoms with Crippen LogP contribution in [0.5, 0.6) is 0 Å². The van der Waals surface area contributed by atoms with Crippen molar-refractivity contribution in [1.29, 1.82) is 0 Å². The van der Waals surface area contributed by atoms with E-state index in [2.05, 4.69) is 6.92 Å². The van der Waals surface area contributed by atoms with Crippen LogP contribution in [0, 0.1) is 29.1 Å². The maximum absolute atomic E-state index is 14.9. The minimum Gasteiger partial charge on any atom is -0.207 e. The minimum atomic E-state index is -1.47. The number of hydrogen-bond acceptors (Lipinski definition) is 0. The lowest BCUT2D eigenvalue weighted by atomic mass is 9.75. The number of unbranched alkanes of at least 4 members (excludes halogenated alkanes) is 4. The molecular formula is C29H31F5. The monoisotopic (exact) mass is 474 g/mol. The Bertz CT molecular complexity index is 1120. The van der Waals surface area contributed by atoms with E-state index in [1.165, 1.54) is 24.6 Å². The first-order chi connectivity index (χ1) is 16.4. The van der Waals surface area contributed by atoms with Crippen LogP contribution in [0.3, 0.4) is 0 Å². The molecular weight excluding hydrogens is 443 g/mol. The molecule has 0 atom stereocenters. The number of aryl methyl sites for hydroxylation is 1. The van der Waals surface area contributed by atoms with Gasteiger partial charge in [-0.15, -0.1) is 0 Å². The van der Waals surface area contributed by atoms with Gasteiger partial charge in [0.25, 0.3) is 0 Å². The first kappa shape index (κ1) is 24.7. The molecule has 0 unspecified atom stereocenters. The number of rotatable bonds is 8. The Balaban J connectivity index is 1.42. The van der Waals surface area contributed by atoms with Crippen molar-refractivity contribution in [2.24, 2.45) is 0 Å². The lowest BCUT2D eigenvalue weighted by molar-refractivity contribution is 0.376. The SMILES string of the molecule is CCCCCCCc1cc(F)c(C2CCC(c3ccc4c(F)c(F)c(F)cc4c3)CC2)c(F)c1.